The largest absolute Gasteiger partial charge is 0.494 e. The first kappa shape index (κ1) is 16.8. The molecule has 0 bridgehead atoms. The molecule has 0 aliphatic carbocycles. The molecule has 128 valence electrons. The van der Waals surface area contributed by atoms with Gasteiger partial charge in [0.05, 0.1) is 24.6 Å². The first-order chi connectivity index (χ1) is 12.2. The second-order valence-corrected chi connectivity index (χ2v) is 5.39. The first-order valence-electron chi connectivity index (χ1n) is 8.31. The Morgan fingerprint density at radius 1 is 0.840 bits per heavy atom. The van der Waals surface area contributed by atoms with Crippen LogP contribution in [0, 0.1) is 0 Å². The highest BCUT2D eigenvalue weighted by atomic mass is 16.5. The lowest BCUT2D eigenvalue weighted by Crippen LogP contribution is -2.01. The molecule has 0 atom stereocenters. The van der Waals surface area contributed by atoms with Crippen LogP contribution in [-0.2, 0) is 0 Å². The van der Waals surface area contributed by atoms with Crippen molar-refractivity contribution in [3.05, 3.63) is 54.6 Å². The summed E-state index contributed by atoms with van der Waals surface area (Å²) in [5.74, 6) is 1.71. The zero-order chi connectivity index (χ0) is 17.6. The van der Waals surface area contributed by atoms with Crippen LogP contribution in [0.25, 0.3) is 22.5 Å². The minimum absolute atomic E-state index is 0.229. The molecule has 0 saturated carbocycles. The molecule has 0 radical (unpaired) electrons. The van der Waals surface area contributed by atoms with Crippen LogP contribution >= 0.6 is 0 Å². The number of anilines is 1. The molecule has 0 aliphatic rings. The number of aromatic nitrogens is 2. The lowest BCUT2D eigenvalue weighted by Gasteiger charge is -2.13. The van der Waals surface area contributed by atoms with E-state index in [9.17, 15) is 0 Å². The fourth-order valence-corrected chi connectivity index (χ4v) is 2.61. The Kier molecular flexibility index (Phi) is 5.14. The number of hydrogen-bond donors (Lipinski definition) is 1. The van der Waals surface area contributed by atoms with Gasteiger partial charge in [-0.3, -0.25) is 0 Å². The summed E-state index contributed by atoms with van der Waals surface area (Å²) < 4.78 is 11.3. The topological polar surface area (TPSA) is 70.3 Å². The van der Waals surface area contributed by atoms with Crippen LogP contribution < -0.4 is 15.2 Å². The monoisotopic (exact) mass is 335 g/mol. The van der Waals surface area contributed by atoms with Crippen LogP contribution in [0.5, 0.6) is 11.5 Å². The summed E-state index contributed by atoms with van der Waals surface area (Å²) in [5.41, 5.74) is 9.29. The third kappa shape index (κ3) is 3.88. The van der Waals surface area contributed by atoms with Crippen LogP contribution in [0.4, 0.5) is 5.95 Å². The fourth-order valence-electron chi connectivity index (χ4n) is 2.61. The third-order valence-electron chi connectivity index (χ3n) is 3.65. The molecule has 0 fully saturated rings. The fraction of sp³-hybridized carbons (Fsp3) is 0.200. The van der Waals surface area contributed by atoms with Gasteiger partial charge in [-0.1, -0.05) is 30.3 Å². The zero-order valence-corrected chi connectivity index (χ0v) is 14.4. The molecule has 0 amide bonds. The van der Waals surface area contributed by atoms with E-state index in [0.717, 1.165) is 28.3 Å². The zero-order valence-electron chi connectivity index (χ0n) is 14.4. The van der Waals surface area contributed by atoms with Gasteiger partial charge < -0.3 is 15.2 Å². The van der Waals surface area contributed by atoms with E-state index in [2.05, 4.69) is 9.97 Å². The number of nitrogens with zero attached hydrogens (tertiary/aromatic N) is 2. The van der Waals surface area contributed by atoms with E-state index in [1.807, 2.05) is 68.4 Å². The number of rotatable bonds is 6. The van der Waals surface area contributed by atoms with E-state index in [0.29, 0.717) is 19.0 Å². The van der Waals surface area contributed by atoms with Crippen molar-refractivity contribution in [1.29, 1.82) is 0 Å². The lowest BCUT2D eigenvalue weighted by atomic mass is 10.1. The molecule has 2 N–H and O–H groups in total. The average molecular weight is 335 g/mol. The Hall–Kier alpha value is -3.08. The molecule has 5 nitrogen and oxygen atoms in total. The molecule has 2 aromatic carbocycles. The van der Waals surface area contributed by atoms with E-state index >= 15 is 0 Å². The lowest BCUT2D eigenvalue weighted by molar-refractivity contribution is 0.324. The number of nitrogen functional groups attached to an aromatic ring is 1. The van der Waals surface area contributed by atoms with Crippen molar-refractivity contribution >= 4 is 5.95 Å². The normalized spacial score (nSPS) is 10.5. The maximum Gasteiger partial charge on any atom is 0.221 e. The summed E-state index contributed by atoms with van der Waals surface area (Å²) in [5, 5.41) is 0. The first-order valence-corrected chi connectivity index (χ1v) is 8.31. The van der Waals surface area contributed by atoms with Gasteiger partial charge in [-0.25, -0.2) is 9.97 Å². The van der Waals surface area contributed by atoms with Crippen molar-refractivity contribution in [1.82, 2.24) is 9.97 Å². The van der Waals surface area contributed by atoms with E-state index in [1.165, 1.54) is 0 Å². The van der Waals surface area contributed by atoms with Crippen molar-refractivity contribution in [2.24, 2.45) is 0 Å². The van der Waals surface area contributed by atoms with E-state index in [-0.39, 0.29) is 5.95 Å². The van der Waals surface area contributed by atoms with Crippen molar-refractivity contribution in [3.8, 4) is 34.0 Å². The summed E-state index contributed by atoms with van der Waals surface area (Å²) in [6, 6.07) is 17.5. The number of nitrogens with two attached hydrogens (primary N) is 1. The van der Waals surface area contributed by atoms with Crippen molar-refractivity contribution < 1.29 is 9.47 Å². The van der Waals surface area contributed by atoms with Gasteiger partial charge in [0.25, 0.3) is 0 Å². The molecule has 0 spiro atoms. The molecule has 1 heterocycles. The average Bonchev–Trinajstić information content (AvgIpc) is 2.63. The summed E-state index contributed by atoms with van der Waals surface area (Å²) in [4.78, 5) is 8.75. The van der Waals surface area contributed by atoms with E-state index < -0.39 is 0 Å². The highest BCUT2D eigenvalue weighted by Crippen LogP contribution is 2.34. The van der Waals surface area contributed by atoms with Gasteiger partial charge in [-0.05, 0) is 32.0 Å². The number of hydrogen-bond acceptors (Lipinski definition) is 5. The minimum Gasteiger partial charge on any atom is -0.494 e. The highest BCUT2D eigenvalue weighted by Gasteiger charge is 2.13. The summed E-state index contributed by atoms with van der Waals surface area (Å²) in [6.45, 7) is 5.05. The van der Waals surface area contributed by atoms with Crippen LogP contribution in [-0.4, -0.2) is 23.2 Å². The Morgan fingerprint density at radius 2 is 1.56 bits per heavy atom. The van der Waals surface area contributed by atoms with Gasteiger partial charge in [-0.15, -0.1) is 0 Å². The van der Waals surface area contributed by atoms with Crippen LogP contribution in [0.15, 0.2) is 54.6 Å². The third-order valence-corrected chi connectivity index (χ3v) is 3.65. The molecule has 0 unspecified atom stereocenters. The molecule has 25 heavy (non-hydrogen) atoms. The summed E-state index contributed by atoms with van der Waals surface area (Å²) >= 11 is 0. The van der Waals surface area contributed by atoms with Crippen molar-refractivity contribution in [2.45, 2.75) is 13.8 Å². The van der Waals surface area contributed by atoms with Crippen molar-refractivity contribution in [2.75, 3.05) is 18.9 Å². The highest BCUT2D eigenvalue weighted by molar-refractivity contribution is 5.73. The Morgan fingerprint density at radius 3 is 2.28 bits per heavy atom. The van der Waals surface area contributed by atoms with Crippen LogP contribution in [0.2, 0.25) is 0 Å². The van der Waals surface area contributed by atoms with Gasteiger partial charge >= 0.3 is 0 Å². The molecule has 0 aliphatic heterocycles. The minimum atomic E-state index is 0.229. The standard InChI is InChI=1S/C20H21N3O2/c1-3-24-15-10-11-16(19(12-15)25-4-2)18-13-17(22-20(21)23-18)14-8-6-5-7-9-14/h5-13H,3-4H2,1-2H3,(H2,21,22,23). The van der Waals surface area contributed by atoms with Gasteiger partial charge in [0.1, 0.15) is 11.5 Å². The van der Waals surface area contributed by atoms with Crippen LogP contribution in [0.1, 0.15) is 13.8 Å². The second kappa shape index (κ2) is 7.66. The maximum atomic E-state index is 5.95. The predicted octanol–water partition coefficient (Wildman–Crippen LogP) is 4.19. The molecular formula is C20H21N3O2. The Labute approximate surface area is 147 Å². The van der Waals surface area contributed by atoms with E-state index in [4.69, 9.17) is 15.2 Å². The van der Waals surface area contributed by atoms with Gasteiger partial charge in [0.15, 0.2) is 0 Å². The number of ether oxygens (including phenoxy) is 2. The van der Waals surface area contributed by atoms with Crippen LogP contribution in [0.3, 0.4) is 0 Å². The van der Waals surface area contributed by atoms with E-state index in [1.54, 1.807) is 0 Å². The summed E-state index contributed by atoms with van der Waals surface area (Å²) in [6.07, 6.45) is 0. The Bertz CT molecular complexity index is 851. The molecular weight excluding hydrogens is 314 g/mol. The molecule has 3 aromatic rings. The SMILES string of the molecule is CCOc1ccc(-c2cc(-c3ccccc3)nc(N)n2)c(OCC)c1. The molecule has 1 aromatic heterocycles. The van der Waals surface area contributed by atoms with Gasteiger partial charge in [-0.2, -0.15) is 0 Å². The van der Waals surface area contributed by atoms with Gasteiger partial charge in [0, 0.05) is 17.2 Å². The Balaban J connectivity index is 2.08. The summed E-state index contributed by atoms with van der Waals surface area (Å²) in [7, 11) is 0. The smallest absolute Gasteiger partial charge is 0.221 e. The molecule has 0 saturated heterocycles. The quantitative estimate of drug-likeness (QED) is 0.731. The maximum absolute atomic E-state index is 5.95. The second-order valence-electron chi connectivity index (χ2n) is 5.39. The molecule has 3 rings (SSSR count). The molecule has 5 heteroatoms. The van der Waals surface area contributed by atoms with Crippen molar-refractivity contribution in [3.63, 3.8) is 0 Å². The van der Waals surface area contributed by atoms with Gasteiger partial charge in [0.2, 0.25) is 5.95 Å². The number of benzene rings is 2. The predicted molar refractivity (Wildman–Crippen MR) is 99.7 cm³/mol.